The molecule has 7 heteroatoms. The molecule has 1 aliphatic heterocycles. The molecule has 0 aromatic heterocycles. The lowest BCUT2D eigenvalue weighted by atomic mass is 9.93. The van der Waals surface area contributed by atoms with E-state index < -0.39 is 11.6 Å². The highest BCUT2D eigenvalue weighted by molar-refractivity contribution is 6.03. The van der Waals surface area contributed by atoms with E-state index >= 15 is 0 Å². The maximum atomic E-state index is 12.5. The van der Waals surface area contributed by atoms with Crippen molar-refractivity contribution in [3.05, 3.63) is 24.3 Å². The summed E-state index contributed by atoms with van der Waals surface area (Å²) in [6, 6.07) is 7.24. The predicted octanol–water partition coefficient (Wildman–Crippen LogP) is 1.86. The van der Waals surface area contributed by atoms with E-state index in [1.54, 1.807) is 19.1 Å². The molecule has 1 heterocycles. The van der Waals surface area contributed by atoms with E-state index in [1.165, 1.54) is 4.90 Å². The van der Waals surface area contributed by atoms with Gasteiger partial charge in [-0.1, -0.05) is 26.0 Å². The average molecular weight is 356 g/mol. The van der Waals surface area contributed by atoms with Gasteiger partial charge in [-0.3, -0.25) is 14.5 Å². The molecule has 0 radical (unpaired) electrons. The molecule has 1 aromatic rings. The van der Waals surface area contributed by atoms with Crippen molar-refractivity contribution in [2.24, 2.45) is 5.73 Å². The van der Waals surface area contributed by atoms with Gasteiger partial charge in [-0.15, -0.1) is 12.4 Å². The number of anilines is 1. The number of benzene rings is 1. The average Bonchev–Trinajstić information content (AvgIpc) is 2.57. The minimum Gasteiger partial charge on any atom is -0.479 e. The highest BCUT2D eigenvalue weighted by atomic mass is 35.5. The lowest BCUT2D eigenvalue weighted by Crippen LogP contribution is -2.56. The van der Waals surface area contributed by atoms with Crippen molar-refractivity contribution in [3.8, 4) is 5.75 Å². The standard InChI is InChI=1S/C17H25N3O3.ClH/c1-4-17(5-2,11-18)19-15(21)10-20-13-8-6-7-9-14(13)23-12(3)16(20)22;/h6-9,12H,4-5,10-11,18H2,1-3H3,(H,19,21);1H. The molecule has 6 nitrogen and oxygen atoms in total. The van der Waals surface area contributed by atoms with E-state index in [-0.39, 0.29) is 30.8 Å². The minimum atomic E-state index is -0.602. The Balaban J connectivity index is 0.00000288. The van der Waals surface area contributed by atoms with Gasteiger partial charge in [0.2, 0.25) is 5.91 Å². The summed E-state index contributed by atoms with van der Waals surface area (Å²) in [5.41, 5.74) is 6.02. The van der Waals surface area contributed by atoms with Gasteiger partial charge in [-0.25, -0.2) is 0 Å². The Bertz CT molecular complexity index is 582. The van der Waals surface area contributed by atoms with Crippen LogP contribution < -0.4 is 20.7 Å². The van der Waals surface area contributed by atoms with Crippen LogP contribution in [0.25, 0.3) is 0 Å². The van der Waals surface area contributed by atoms with Gasteiger partial charge in [0, 0.05) is 6.54 Å². The molecule has 134 valence electrons. The molecule has 1 unspecified atom stereocenters. The predicted molar refractivity (Wildman–Crippen MR) is 96.6 cm³/mol. The number of carbonyl (C=O) groups excluding carboxylic acids is 2. The fourth-order valence-electron chi connectivity index (χ4n) is 2.77. The summed E-state index contributed by atoms with van der Waals surface area (Å²) < 4.78 is 5.58. The van der Waals surface area contributed by atoms with Crippen molar-refractivity contribution in [1.29, 1.82) is 0 Å². The molecule has 3 N–H and O–H groups in total. The van der Waals surface area contributed by atoms with Crippen molar-refractivity contribution in [3.63, 3.8) is 0 Å². The topological polar surface area (TPSA) is 84.7 Å². The number of nitrogens with zero attached hydrogens (tertiary/aromatic N) is 1. The number of nitrogens with one attached hydrogen (secondary N) is 1. The Morgan fingerprint density at radius 1 is 1.33 bits per heavy atom. The minimum absolute atomic E-state index is 0. The quantitative estimate of drug-likeness (QED) is 0.815. The number of carbonyl (C=O) groups is 2. The molecule has 0 fully saturated rings. The van der Waals surface area contributed by atoms with Crippen LogP contribution in [0.15, 0.2) is 24.3 Å². The van der Waals surface area contributed by atoms with Gasteiger partial charge in [0.1, 0.15) is 12.3 Å². The molecule has 24 heavy (non-hydrogen) atoms. The van der Waals surface area contributed by atoms with Crippen molar-refractivity contribution >= 4 is 29.9 Å². The van der Waals surface area contributed by atoms with E-state index in [9.17, 15) is 9.59 Å². The van der Waals surface area contributed by atoms with Gasteiger partial charge in [0.15, 0.2) is 6.10 Å². The molecule has 1 atom stereocenters. The molecule has 0 spiro atoms. The van der Waals surface area contributed by atoms with Gasteiger partial charge in [0.25, 0.3) is 5.91 Å². The second-order valence-electron chi connectivity index (χ2n) is 5.89. The molecule has 0 aliphatic carbocycles. The van der Waals surface area contributed by atoms with Crippen molar-refractivity contribution < 1.29 is 14.3 Å². The summed E-state index contributed by atoms with van der Waals surface area (Å²) in [6.07, 6.45) is 0.889. The van der Waals surface area contributed by atoms with Crippen molar-refractivity contribution in [2.45, 2.75) is 45.3 Å². The number of fused-ring (bicyclic) bond motifs is 1. The Morgan fingerprint density at radius 2 is 1.96 bits per heavy atom. The molecular formula is C17H26ClN3O3. The van der Waals surface area contributed by atoms with Crippen LogP contribution in [0.1, 0.15) is 33.6 Å². The fourth-order valence-corrected chi connectivity index (χ4v) is 2.77. The first-order valence-corrected chi connectivity index (χ1v) is 8.04. The smallest absolute Gasteiger partial charge is 0.268 e. The lowest BCUT2D eigenvalue weighted by molar-refractivity contribution is -0.128. The fraction of sp³-hybridized carbons (Fsp3) is 0.529. The van der Waals surface area contributed by atoms with Crippen LogP contribution in [0.4, 0.5) is 5.69 Å². The first kappa shape index (κ1) is 20.3. The zero-order valence-electron chi connectivity index (χ0n) is 14.4. The number of para-hydroxylation sites is 2. The Hall–Kier alpha value is -1.79. The summed E-state index contributed by atoms with van der Waals surface area (Å²) in [7, 11) is 0. The van der Waals surface area contributed by atoms with Crippen molar-refractivity contribution in [2.75, 3.05) is 18.0 Å². The summed E-state index contributed by atoms with van der Waals surface area (Å²) >= 11 is 0. The third-order valence-electron chi connectivity index (χ3n) is 4.52. The van der Waals surface area contributed by atoms with Crippen LogP contribution in [-0.4, -0.2) is 36.5 Å². The largest absolute Gasteiger partial charge is 0.479 e. The lowest BCUT2D eigenvalue weighted by Gasteiger charge is -2.35. The molecule has 2 rings (SSSR count). The van der Waals surface area contributed by atoms with E-state index in [0.717, 1.165) is 12.8 Å². The number of rotatable bonds is 6. The monoisotopic (exact) mass is 355 g/mol. The van der Waals surface area contributed by atoms with Crippen LogP contribution in [0.5, 0.6) is 5.75 Å². The number of amides is 2. The highest BCUT2D eigenvalue weighted by Crippen LogP contribution is 2.33. The Morgan fingerprint density at radius 3 is 2.54 bits per heavy atom. The molecule has 2 amide bonds. The molecule has 0 bridgehead atoms. The summed E-state index contributed by atoms with van der Waals surface area (Å²) in [4.78, 5) is 26.3. The Labute approximate surface area is 149 Å². The van der Waals surface area contributed by atoms with E-state index in [4.69, 9.17) is 10.5 Å². The van der Waals surface area contributed by atoms with Crippen LogP contribution >= 0.6 is 12.4 Å². The maximum absolute atomic E-state index is 12.5. The molecule has 1 aliphatic rings. The van der Waals surface area contributed by atoms with E-state index in [0.29, 0.717) is 18.0 Å². The van der Waals surface area contributed by atoms with Crippen molar-refractivity contribution in [1.82, 2.24) is 5.32 Å². The molecule has 0 saturated carbocycles. The van der Waals surface area contributed by atoms with Crippen LogP contribution in [0, 0.1) is 0 Å². The molecule has 0 saturated heterocycles. The zero-order chi connectivity index (χ0) is 17.0. The van der Waals surface area contributed by atoms with Gasteiger partial charge < -0.3 is 15.8 Å². The van der Waals surface area contributed by atoms with Crippen LogP contribution in [-0.2, 0) is 9.59 Å². The third kappa shape index (κ3) is 3.99. The summed E-state index contributed by atoms with van der Waals surface area (Å²) in [5.74, 6) is 0.185. The van der Waals surface area contributed by atoms with Crippen LogP contribution in [0.2, 0.25) is 0 Å². The second kappa shape index (κ2) is 8.35. The first-order valence-electron chi connectivity index (χ1n) is 8.04. The first-order chi connectivity index (χ1) is 11.0. The van der Waals surface area contributed by atoms with Gasteiger partial charge in [-0.05, 0) is 31.9 Å². The number of hydrogen-bond donors (Lipinski definition) is 2. The van der Waals surface area contributed by atoms with E-state index in [1.807, 2.05) is 26.0 Å². The Kier molecular flexibility index (Phi) is 7.05. The van der Waals surface area contributed by atoms with Gasteiger partial charge >= 0.3 is 0 Å². The van der Waals surface area contributed by atoms with Gasteiger partial charge in [-0.2, -0.15) is 0 Å². The SMILES string of the molecule is CCC(CC)(CN)NC(=O)CN1C(=O)C(C)Oc2ccccc21.Cl. The summed E-state index contributed by atoms with van der Waals surface area (Å²) in [6.45, 7) is 6.01. The number of halogens is 1. The molecular weight excluding hydrogens is 330 g/mol. The van der Waals surface area contributed by atoms with Gasteiger partial charge in [0.05, 0.1) is 11.2 Å². The normalized spacial score (nSPS) is 16.8. The highest BCUT2D eigenvalue weighted by Gasteiger charge is 2.34. The second-order valence-corrected chi connectivity index (χ2v) is 5.89. The van der Waals surface area contributed by atoms with E-state index in [2.05, 4.69) is 5.32 Å². The number of nitrogens with two attached hydrogens (primary N) is 1. The van der Waals surface area contributed by atoms with Crippen LogP contribution in [0.3, 0.4) is 0 Å². The number of ether oxygens (including phenoxy) is 1. The summed E-state index contributed by atoms with van der Waals surface area (Å²) in [5, 5.41) is 2.99. The number of hydrogen-bond acceptors (Lipinski definition) is 4. The zero-order valence-corrected chi connectivity index (χ0v) is 15.2. The molecule has 1 aromatic carbocycles. The maximum Gasteiger partial charge on any atom is 0.268 e. The third-order valence-corrected chi connectivity index (χ3v) is 4.52.